The van der Waals surface area contributed by atoms with Gasteiger partial charge in [0.25, 0.3) is 0 Å². The minimum atomic E-state index is -0.142. The van der Waals surface area contributed by atoms with Crippen LogP contribution in [0, 0.1) is 17.7 Å². The summed E-state index contributed by atoms with van der Waals surface area (Å²) in [5.41, 5.74) is 6.93. The lowest BCUT2D eigenvalue weighted by Gasteiger charge is -2.40. The molecule has 0 saturated carbocycles. The zero-order chi connectivity index (χ0) is 13.8. The fourth-order valence-corrected chi connectivity index (χ4v) is 3.02. The second kappa shape index (κ2) is 6.49. The molecule has 2 N–H and O–H groups in total. The first-order valence-electron chi connectivity index (χ1n) is 7.28. The highest BCUT2D eigenvalue weighted by molar-refractivity contribution is 5.17. The Morgan fingerprint density at radius 1 is 1.47 bits per heavy atom. The first kappa shape index (κ1) is 14.5. The standard InChI is InChI=1S/C16H25FN2/c1-12-6-7-19(11-15(12)10-18)13(2)8-14-4-3-5-16(17)9-14/h3-5,9,12-13,15H,6-8,10-11,18H2,1-2H3. The van der Waals surface area contributed by atoms with Crippen LogP contribution in [0.1, 0.15) is 25.8 Å². The van der Waals surface area contributed by atoms with Crippen LogP contribution in [0.3, 0.4) is 0 Å². The summed E-state index contributed by atoms with van der Waals surface area (Å²) in [5, 5.41) is 0. The first-order chi connectivity index (χ1) is 9.10. The van der Waals surface area contributed by atoms with Gasteiger partial charge < -0.3 is 5.73 Å². The maximum absolute atomic E-state index is 13.2. The van der Waals surface area contributed by atoms with Gasteiger partial charge in [0.2, 0.25) is 0 Å². The lowest BCUT2D eigenvalue weighted by molar-refractivity contribution is 0.0977. The van der Waals surface area contributed by atoms with E-state index in [1.54, 1.807) is 12.1 Å². The van der Waals surface area contributed by atoms with Crippen LogP contribution >= 0.6 is 0 Å². The van der Waals surface area contributed by atoms with E-state index in [4.69, 9.17) is 5.73 Å². The van der Waals surface area contributed by atoms with Crippen molar-refractivity contribution in [3.63, 3.8) is 0 Å². The molecule has 1 aliphatic rings. The number of rotatable bonds is 4. The average molecular weight is 264 g/mol. The Balaban J connectivity index is 1.94. The van der Waals surface area contributed by atoms with Gasteiger partial charge in [0.15, 0.2) is 0 Å². The van der Waals surface area contributed by atoms with Crippen molar-refractivity contribution in [2.75, 3.05) is 19.6 Å². The van der Waals surface area contributed by atoms with E-state index in [2.05, 4.69) is 18.7 Å². The SMILES string of the molecule is CC1CCN(C(C)Cc2cccc(F)c2)CC1CN. The monoisotopic (exact) mass is 264 g/mol. The summed E-state index contributed by atoms with van der Waals surface area (Å²) in [4.78, 5) is 2.50. The van der Waals surface area contributed by atoms with Crippen molar-refractivity contribution < 1.29 is 4.39 Å². The Hall–Kier alpha value is -0.930. The van der Waals surface area contributed by atoms with Crippen LogP contribution in [0.2, 0.25) is 0 Å². The minimum absolute atomic E-state index is 0.142. The third-order valence-electron chi connectivity index (χ3n) is 4.49. The van der Waals surface area contributed by atoms with Gasteiger partial charge in [0.1, 0.15) is 5.82 Å². The summed E-state index contributed by atoms with van der Waals surface area (Å²) in [7, 11) is 0. The quantitative estimate of drug-likeness (QED) is 0.906. The van der Waals surface area contributed by atoms with Crippen molar-refractivity contribution >= 4 is 0 Å². The number of hydrogen-bond donors (Lipinski definition) is 1. The van der Waals surface area contributed by atoms with E-state index < -0.39 is 0 Å². The van der Waals surface area contributed by atoms with Crippen LogP contribution < -0.4 is 5.73 Å². The molecule has 0 aliphatic carbocycles. The molecule has 3 unspecified atom stereocenters. The van der Waals surface area contributed by atoms with Crippen LogP contribution in [-0.2, 0) is 6.42 Å². The van der Waals surface area contributed by atoms with Crippen LogP contribution in [0.4, 0.5) is 4.39 Å². The number of benzene rings is 1. The van der Waals surface area contributed by atoms with E-state index in [-0.39, 0.29) is 5.82 Å². The second-order valence-corrected chi connectivity index (χ2v) is 5.94. The molecule has 2 nitrogen and oxygen atoms in total. The van der Waals surface area contributed by atoms with Gasteiger partial charge in [-0.1, -0.05) is 19.1 Å². The van der Waals surface area contributed by atoms with Crippen molar-refractivity contribution in [1.29, 1.82) is 0 Å². The molecule has 1 aromatic carbocycles. The molecule has 19 heavy (non-hydrogen) atoms. The van der Waals surface area contributed by atoms with Gasteiger partial charge in [0.05, 0.1) is 0 Å². The van der Waals surface area contributed by atoms with Gasteiger partial charge >= 0.3 is 0 Å². The van der Waals surface area contributed by atoms with E-state index in [0.29, 0.717) is 12.0 Å². The zero-order valence-electron chi connectivity index (χ0n) is 12.0. The highest BCUT2D eigenvalue weighted by Crippen LogP contribution is 2.24. The van der Waals surface area contributed by atoms with Crippen LogP contribution in [0.25, 0.3) is 0 Å². The maximum Gasteiger partial charge on any atom is 0.123 e. The smallest absolute Gasteiger partial charge is 0.123 e. The molecular formula is C16H25FN2. The van der Waals surface area contributed by atoms with Gasteiger partial charge in [-0.05, 0) is 62.4 Å². The topological polar surface area (TPSA) is 29.3 Å². The molecule has 106 valence electrons. The van der Waals surface area contributed by atoms with E-state index in [1.807, 2.05) is 6.07 Å². The number of halogens is 1. The molecule has 1 saturated heterocycles. The summed E-state index contributed by atoms with van der Waals surface area (Å²) in [6.45, 7) is 7.51. The van der Waals surface area contributed by atoms with E-state index >= 15 is 0 Å². The van der Waals surface area contributed by atoms with Crippen LogP contribution in [0.15, 0.2) is 24.3 Å². The van der Waals surface area contributed by atoms with E-state index in [1.165, 1.54) is 12.5 Å². The molecule has 0 aromatic heterocycles. The molecule has 0 radical (unpaired) electrons. The lowest BCUT2D eigenvalue weighted by Crippen LogP contribution is -2.47. The largest absolute Gasteiger partial charge is 0.330 e. The van der Waals surface area contributed by atoms with Gasteiger partial charge in [-0.15, -0.1) is 0 Å². The predicted molar refractivity (Wildman–Crippen MR) is 77.5 cm³/mol. The van der Waals surface area contributed by atoms with Crippen molar-refractivity contribution in [1.82, 2.24) is 4.90 Å². The summed E-state index contributed by atoms with van der Waals surface area (Å²) >= 11 is 0. The Kier molecular flexibility index (Phi) is 4.94. The number of likely N-dealkylation sites (tertiary alicyclic amines) is 1. The fourth-order valence-electron chi connectivity index (χ4n) is 3.02. The van der Waals surface area contributed by atoms with Crippen molar-refractivity contribution in [2.45, 2.75) is 32.7 Å². The van der Waals surface area contributed by atoms with Gasteiger partial charge in [0, 0.05) is 12.6 Å². The summed E-state index contributed by atoms with van der Waals surface area (Å²) < 4.78 is 13.2. The van der Waals surface area contributed by atoms with E-state index in [9.17, 15) is 4.39 Å². The number of hydrogen-bond acceptors (Lipinski definition) is 2. The fraction of sp³-hybridized carbons (Fsp3) is 0.625. The molecule has 3 heteroatoms. The summed E-state index contributed by atoms with van der Waals surface area (Å²) in [6, 6.07) is 7.39. The Labute approximate surface area is 115 Å². The zero-order valence-corrected chi connectivity index (χ0v) is 12.0. The molecule has 2 rings (SSSR count). The number of nitrogens with two attached hydrogens (primary N) is 1. The van der Waals surface area contributed by atoms with Crippen molar-refractivity contribution in [2.24, 2.45) is 17.6 Å². The average Bonchev–Trinajstić information content (AvgIpc) is 2.39. The predicted octanol–water partition coefficient (Wildman–Crippen LogP) is 2.67. The van der Waals surface area contributed by atoms with Crippen molar-refractivity contribution in [3.8, 4) is 0 Å². The van der Waals surface area contributed by atoms with Gasteiger partial charge in [-0.3, -0.25) is 4.90 Å². The maximum atomic E-state index is 13.2. The summed E-state index contributed by atoms with van der Waals surface area (Å²) in [5.74, 6) is 1.18. The Morgan fingerprint density at radius 3 is 2.95 bits per heavy atom. The van der Waals surface area contributed by atoms with Crippen molar-refractivity contribution in [3.05, 3.63) is 35.6 Å². The second-order valence-electron chi connectivity index (χ2n) is 5.94. The third-order valence-corrected chi connectivity index (χ3v) is 4.49. The molecule has 1 aliphatic heterocycles. The van der Waals surface area contributed by atoms with Gasteiger partial charge in [-0.2, -0.15) is 0 Å². The van der Waals surface area contributed by atoms with Crippen LogP contribution in [0.5, 0.6) is 0 Å². The third kappa shape index (κ3) is 3.77. The molecule has 1 heterocycles. The highest BCUT2D eigenvalue weighted by Gasteiger charge is 2.27. The van der Waals surface area contributed by atoms with E-state index in [0.717, 1.165) is 37.5 Å². The normalized spacial score (nSPS) is 26.3. The molecule has 3 atom stereocenters. The highest BCUT2D eigenvalue weighted by atomic mass is 19.1. The van der Waals surface area contributed by atoms with Gasteiger partial charge in [-0.25, -0.2) is 4.39 Å². The van der Waals surface area contributed by atoms with Crippen LogP contribution in [-0.4, -0.2) is 30.6 Å². The Morgan fingerprint density at radius 2 is 2.26 bits per heavy atom. The molecular weight excluding hydrogens is 239 g/mol. The minimum Gasteiger partial charge on any atom is -0.330 e. The lowest BCUT2D eigenvalue weighted by atomic mass is 9.86. The molecule has 0 spiro atoms. The molecule has 1 fully saturated rings. The first-order valence-corrected chi connectivity index (χ1v) is 7.28. The molecule has 0 bridgehead atoms. The Bertz CT molecular complexity index is 407. The summed E-state index contributed by atoms with van der Waals surface area (Å²) in [6.07, 6.45) is 2.12. The number of nitrogens with zero attached hydrogens (tertiary/aromatic N) is 1. The molecule has 1 aromatic rings. The molecule has 0 amide bonds. The number of piperidine rings is 1.